The van der Waals surface area contributed by atoms with E-state index in [4.69, 9.17) is 16.3 Å². The number of thiazole rings is 1. The molecule has 3 aliphatic rings. The van der Waals surface area contributed by atoms with Gasteiger partial charge in [-0.3, -0.25) is 9.79 Å². The van der Waals surface area contributed by atoms with Crippen molar-refractivity contribution in [3.05, 3.63) is 62.2 Å². The van der Waals surface area contributed by atoms with Crippen LogP contribution in [0.5, 0.6) is 0 Å². The summed E-state index contributed by atoms with van der Waals surface area (Å²) in [6.45, 7) is 5.55. The third kappa shape index (κ3) is 6.33. The molecule has 0 spiro atoms. The van der Waals surface area contributed by atoms with E-state index in [1.165, 1.54) is 21.7 Å². The van der Waals surface area contributed by atoms with Crippen molar-refractivity contribution >= 4 is 50.7 Å². The number of aromatic nitrogens is 1. The number of ether oxygens (including phenoxy) is 1. The normalized spacial score (nSPS) is 23.8. The Morgan fingerprint density at radius 1 is 1.19 bits per heavy atom. The van der Waals surface area contributed by atoms with E-state index >= 15 is 0 Å². The van der Waals surface area contributed by atoms with Gasteiger partial charge in [-0.2, -0.15) is 0 Å². The number of nitrogens with zero attached hydrogens (tertiary/aromatic N) is 3. The Morgan fingerprint density at radius 2 is 1.86 bits per heavy atom. The minimum absolute atomic E-state index is 0.0180. The number of aliphatic carboxylic acids is 1. The molecule has 3 heterocycles. The minimum atomic E-state index is -3.69. The van der Waals surface area contributed by atoms with Gasteiger partial charge in [0, 0.05) is 41.8 Å². The van der Waals surface area contributed by atoms with Crippen molar-refractivity contribution in [1.29, 1.82) is 0 Å². The van der Waals surface area contributed by atoms with Crippen LogP contribution in [0, 0.1) is 23.5 Å². The van der Waals surface area contributed by atoms with Gasteiger partial charge in [0.2, 0.25) is 10.0 Å². The van der Waals surface area contributed by atoms with Crippen LogP contribution in [0.15, 0.2) is 40.0 Å². The molecule has 1 atom stereocenters. The second kappa shape index (κ2) is 11.9. The number of amidine groups is 1. The van der Waals surface area contributed by atoms with Crippen LogP contribution in [0.3, 0.4) is 0 Å². The molecule has 15 heteroatoms. The highest BCUT2D eigenvalue weighted by Gasteiger charge is 2.47. The van der Waals surface area contributed by atoms with Gasteiger partial charge in [0.1, 0.15) is 11.6 Å². The molecule has 1 aromatic heterocycles. The Bertz CT molecular complexity index is 1590. The average molecular weight is 657 g/mol. The first-order chi connectivity index (χ1) is 20.2. The fourth-order valence-corrected chi connectivity index (χ4v) is 8.48. The van der Waals surface area contributed by atoms with Crippen LogP contribution in [0.4, 0.5) is 8.78 Å². The standard InChI is InChI=1S/C28H31ClF2N4O6S2/c1-28(2,3)41-27(38)15-12-16(13-15)43(39,40)35-9-6-14(7-10-35)22-19(26(36)37)23(17-4-5-18(30)21(31)20(17)29)34-24(33-22)25-32-8-11-42-25/h4-5,8,11,14-16,23H,6-7,9-10,12-13H2,1-3H3,(H,33,34)(H,36,37). The number of hydrogen-bond acceptors (Lipinski definition) is 9. The highest BCUT2D eigenvalue weighted by molar-refractivity contribution is 7.89. The molecule has 0 amide bonds. The van der Waals surface area contributed by atoms with E-state index in [1.54, 1.807) is 32.3 Å². The number of benzene rings is 1. The number of sulfonamides is 1. The first kappa shape index (κ1) is 31.5. The molecule has 10 nitrogen and oxygen atoms in total. The maximum atomic E-state index is 14.5. The molecule has 1 aliphatic carbocycles. The molecule has 2 aliphatic heterocycles. The Hall–Kier alpha value is -2.94. The third-order valence-corrected chi connectivity index (χ3v) is 11.3. The first-order valence-corrected chi connectivity index (χ1v) is 16.5. The predicted molar refractivity (Wildman–Crippen MR) is 156 cm³/mol. The number of carboxylic acids is 1. The lowest BCUT2D eigenvalue weighted by molar-refractivity contribution is -0.162. The van der Waals surface area contributed by atoms with Gasteiger partial charge in [0.25, 0.3) is 0 Å². The van der Waals surface area contributed by atoms with Crippen LogP contribution in [-0.4, -0.2) is 64.5 Å². The van der Waals surface area contributed by atoms with E-state index in [-0.39, 0.29) is 42.9 Å². The fraction of sp³-hybridized carbons (Fsp3) is 0.500. The van der Waals surface area contributed by atoms with E-state index in [0.29, 0.717) is 23.5 Å². The second-order valence-corrected chi connectivity index (χ2v) is 15.3. The summed E-state index contributed by atoms with van der Waals surface area (Å²) in [5.41, 5.74) is -0.563. The first-order valence-electron chi connectivity index (χ1n) is 13.7. The number of aliphatic imine (C=N–C) groups is 1. The summed E-state index contributed by atoms with van der Waals surface area (Å²) in [4.78, 5) is 33.8. The van der Waals surface area contributed by atoms with Crippen molar-refractivity contribution < 1.29 is 36.6 Å². The van der Waals surface area contributed by atoms with Crippen molar-refractivity contribution in [3.63, 3.8) is 0 Å². The smallest absolute Gasteiger partial charge is 0.335 e. The highest BCUT2D eigenvalue weighted by atomic mass is 35.5. The summed E-state index contributed by atoms with van der Waals surface area (Å²) in [5.74, 6) is -4.84. The zero-order valence-electron chi connectivity index (χ0n) is 23.6. The van der Waals surface area contributed by atoms with Crippen molar-refractivity contribution in [2.24, 2.45) is 16.8 Å². The number of hydrogen-bond donors (Lipinski definition) is 2. The van der Waals surface area contributed by atoms with Gasteiger partial charge in [-0.05, 0) is 52.5 Å². The molecule has 0 bridgehead atoms. The zero-order chi connectivity index (χ0) is 31.3. The van der Waals surface area contributed by atoms with Crippen molar-refractivity contribution in [2.45, 2.75) is 63.3 Å². The van der Waals surface area contributed by atoms with Gasteiger partial charge < -0.3 is 15.2 Å². The molecule has 1 saturated carbocycles. The number of carbonyl (C=O) groups is 2. The third-order valence-electron chi connectivity index (χ3n) is 7.78. The SMILES string of the molecule is CC(C)(C)OC(=O)C1CC(S(=O)(=O)N2CCC(C3=C(C(=O)O)C(c4ccc(F)c(F)c4Cl)N=C(c4nccs4)N3)CC2)C1. The van der Waals surface area contributed by atoms with Crippen LogP contribution in [0.1, 0.15) is 63.1 Å². The summed E-state index contributed by atoms with van der Waals surface area (Å²) >= 11 is 7.41. The number of rotatable bonds is 7. The van der Waals surface area contributed by atoms with Gasteiger partial charge >= 0.3 is 11.9 Å². The molecule has 1 aromatic carbocycles. The summed E-state index contributed by atoms with van der Waals surface area (Å²) in [6, 6.07) is 0.809. The Balaban J connectivity index is 1.37. The van der Waals surface area contributed by atoms with Crippen molar-refractivity contribution in [1.82, 2.24) is 14.6 Å². The average Bonchev–Trinajstić information content (AvgIpc) is 3.44. The van der Waals surface area contributed by atoms with E-state index < -0.39 is 67.3 Å². The topological polar surface area (TPSA) is 138 Å². The summed E-state index contributed by atoms with van der Waals surface area (Å²) < 4.78 is 61.8. The molecule has 5 rings (SSSR count). The minimum Gasteiger partial charge on any atom is -0.478 e. The van der Waals surface area contributed by atoms with Gasteiger partial charge in [-0.15, -0.1) is 11.3 Å². The van der Waals surface area contributed by atoms with Crippen LogP contribution >= 0.6 is 22.9 Å². The number of nitrogens with one attached hydrogen (secondary N) is 1. The molecule has 2 N–H and O–H groups in total. The summed E-state index contributed by atoms with van der Waals surface area (Å²) in [6.07, 6.45) is 2.53. The Morgan fingerprint density at radius 3 is 2.44 bits per heavy atom. The van der Waals surface area contributed by atoms with Crippen LogP contribution in [0.2, 0.25) is 5.02 Å². The van der Waals surface area contributed by atoms with Gasteiger partial charge in [0.05, 0.1) is 21.8 Å². The predicted octanol–water partition coefficient (Wildman–Crippen LogP) is 4.67. The quantitative estimate of drug-likeness (QED) is 0.324. The lowest BCUT2D eigenvalue weighted by atomic mass is 9.85. The molecule has 0 radical (unpaired) electrons. The van der Waals surface area contributed by atoms with Gasteiger partial charge in [-0.1, -0.05) is 17.7 Å². The van der Waals surface area contributed by atoms with Gasteiger partial charge in [-0.25, -0.2) is 31.3 Å². The molecule has 2 aromatic rings. The number of esters is 1. The van der Waals surface area contributed by atoms with E-state index in [1.807, 2.05) is 0 Å². The van der Waals surface area contributed by atoms with E-state index in [2.05, 4.69) is 15.3 Å². The molecule has 232 valence electrons. The van der Waals surface area contributed by atoms with Crippen LogP contribution in [-0.2, 0) is 24.3 Å². The molecular formula is C28H31ClF2N4O6S2. The lowest BCUT2D eigenvalue weighted by Gasteiger charge is -2.40. The molecular weight excluding hydrogens is 626 g/mol. The van der Waals surface area contributed by atoms with E-state index in [9.17, 15) is 31.9 Å². The maximum absolute atomic E-state index is 14.5. The maximum Gasteiger partial charge on any atom is 0.335 e. The zero-order valence-corrected chi connectivity index (χ0v) is 26.0. The highest BCUT2D eigenvalue weighted by Crippen LogP contribution is 2.42. The molecule has 1 saturated heterocycles. The Labute approximate surface area is 256 Å². The van der Waals surface area contributed by atoms with Crippen LogP contribution < -0.4 is 5.32 Å². The second-order valence-electron chi connectivity index (χ2n) is 11.8. The molecule has 43 heavy (non-hydrogen) atoms. The Kier molecular flexibility index (Phi) is 8.69. The molecule has 1 unspecified atom stereocenters. The van der Waals surface area contributed by atoms with Crippen molar-refractivity contribution in [2.75, 3.05) is 13.1 Å². The number of piperidine rings is 1. The monoisotopic (exact) mass is 656 g/mol. The fourth-order valence-electron chi connectivity index (χ4n) is 5.54. The molecule has 2 fully saturated rings. The number of carboxylic acid groups (broad SMARTS) is 1. The summed E-state index contributed by atoms with van der Waals surface area (Å²) in [7, 11) is -3.69. The van der Waals surface area contributed by atoms with Crippen LogP contribution in [0.25, 0.3) is 0 Å². The largest absolute Gasteiger partial charge is 0.478 e. The van der Waals surface area contributed by atoms with Gasteiger partial charge in [0.15, 0.2) is 22.5 Å². The van der Waals surface area contributed by atoms with Crippen molar-refractivity contribution in [3.8, 4) is 0 Å². The lowest BCUT2D eigenvalue weighted by Crippen LogP contribution is -2.50. The van der Waals surface area contributed by atoms with E-state index in [0.717, 1.165) is 6.07 Å². The number of allylic oxidation sites excluding steroid dienone is 1. The number of halogens is 3. The number of carbonyl (C=O) groups excluding carboxylic acids is 1. The summed E-state index contributed by atoms with van der Waals surface area (Å²) in [5, 5.41) is 14.3.